The molecule has 0 fully saturated rings. The fourth-order valence-electron chi connectivity index (χ4n) is 1.21. The first-order chi connectivity index (χ1) is 6.81. The standard InChI is InChI=1S/C10H11F4N/c1-7-2-4-8(5-3-7)9(11,6-15)10(12,13)14/h2-5H,6,15H2,1H3. The van der Waals surface area contributed by atoms with E-state index in [9.17, 15) is 17.6 Å². The maximum absolute atomic E-state index is 13.6. The Morgan fingerprint density at radius 2 is 1.53 bits per heavy atom. The van der Waals surface area contributed by atoms with Crippen molar-refractivity contribution in [2.75, 3.05) is 6.54 Å². The minimum atomic E-state index is -4.99. The van der Waals surface area contributed by atoms with Gasteiger partial charge in [0.05, 0.1) is 0 Å². The van der Waals surface area contributed by atoms with Gasteiger partial charge in [-0.3, -0.25) is 0 Å². The van der Waals surface area contributed by atoms with Gasteiger partial charge in [0, 0.05) is 6.54 Å². The van der Waals surface area contributed by atoms with E-state index in [1.54, 1.807) is 6.92 Å². The van der Waals surface area contributed by atoms with Crippen molar-refractivity contribution in [2.24, 2.45) is 5.73 Å². The van der Waals surface area contributed by atoms with Crippen LogP contribution in [0, 0.1) is 6.92 Å². The summed E-state index contributed by atoms with van der Waals surface area (Å²) in [6.07, 6.45) is -4.99. The Morgan fingerprint density at radius 1 is 1.07 bits per heavy atom. The fraction of sp³-hybridized carbons (Fsp3) is 0.400. The lowest BCUT2D eigenvalue weighted by Gasteiger charge is -2.26. The smallest absolute Gasteiger partial charge is 0.327 e. The van der Waals surface area contributed by atoms with Gasteiger partial charge in [0.2, 0.25) is 5.67 Å². The lowest BCUT2D eigenvalue weighted by molar-refractivity contribution is -0.231. The van der Waals surface area contributed by atoms with Crippen LogP contribution >= 0.6 is 0 Å². The molecule has 1 nitrogen and oxygen atoms in total. The SMILES string of the molecule is Cc1ccc(C(F)(CN)C(F)(F)F)cc1. The summed E-state index contributed by atoms with van der Waals surface area (Å²) in [5.74, 6) is 0. The van der Waals surface area contributed by atoms with Gasteiger partial charge in [0.25, 0.3) is 0 Å². The summed E-state index contributed by atoms with van der Waals surface area (Å²) in [7, 11) is 0. The number of hydrogen-bond donors (Lipinski definition) is 1. The van der Waals surface area contributed by atoms with Gasteiger partial charge in [-0.2, -0.15) is 13.2 Å². The van der Waals surface area contributed by atoms with Gasteiger partial charge in [-0.25, -0.2) is 4.39 Å². The Labute approximate surface area is 84.9 Å². The molecule has 1 aromatic rings. The van der Waals surface area contributed by atoms with Gasteiger partial charge in [-0.1, -0.05) is 29.8 Å². The summed E-state index contributed by atoms with van der Waals surface area (Å²) >= 11 is 0. The van der Waals surface area contributed by atoms with Crippen LogP contribution in [-0.4, -0.2) is 12.7 Å². The van der Waals surface area contributed by atoms with E-state index >= 15 is 0 Å². The van der Waals surface area contributed by atoms with Crippen molar-refractivity contribution in [2.45, 2.75) is 18.8 Å². The fourth-order valence-corrected chi connectivity index (χ4v) is 1.21. The molecule has 0 bridgehead atoms. The van der Waals surface area contributed by atoms with E-state index in [4.69, 9.17) is 5.73 Å². The third kappa shape index (κ3) is 2.12. The zero-order valence-electron chi connectivity index (χ0n) is 8.11. The van der Waals surface area contributed by atoms with E-state index in [-0.39, 0.29) is 0 Å². The highest BCUT2D eigenvalue weighted by atomic mass is 19.4. The minimum absolute atomic E-state index is 0.455. The summed E-state index contributed by atoms with van der Waals surface area (Å²) in [5, 5.41) is 0. The van der Waals surface area contributed by atoms with Crippen LogP contribution in [0.25, 0.3) is 0 Å². The molecule has 1 unspecified atom stereocenters. The van der Waals surface area contributed by atoms with Crippen LogP contribution in [0.2, 0.25) is 0 Å². The number of aryl methyl sites for hydroxylation is 1. The summed E-state index contributed by atoms with van der Waals surface area (Å²) < 4.78 is 50.9. The van der Waals surface area contributed by atoms with Crippen molar-refractivity contribution < 1.29 is 17.6 Å². The summed E-state index contributed by atoms with van der Waals surface area (Å²) in [4.78, 5) is 0. The molecule has 15 heavy (non-hydrogen) atoms. The molecule has 0 aliphatic rings. The number of benzene rings is 1. The van der Waals surface area contributed by atoms with Crippen LogP contribution in [0.4, 0.5) is 17.6 Å². The predicted octanol–water partition coefficient (Wildman–Crippen LogP) is 2.68. The molecule has 5 heteroatoms. The molecule has 0 aliphatic heterocycles. The van der Waals surface area contributed by atoms with Crippen LogP contribution in [-0.2, 0) is 5.67 Å². The highest BCUT2D eigenvalue weighted by Crippen LogP contribution is 2.41. The van der Waals surface area contributed by atoms with E-state index in [1.807, 2.05) is 0 Å². The monoisotopic (exact) mass is 221 g/mol. The van der Waals surface area contributed by atoms with Crippen LogP contribution in [0.15, 0.2) is 24.3 Å². The highest BCUT2D eigenvalue weighted by molar-refractivity contribution is 5.28. The van der Waals surface area contributed by atoms with Crippen molar-refractivity contribution in [3.05, 3.63) is 35.4 Å². The molecule has 1 aromatic carbocycles. The van der Waals surface area contributed by atoms with Gasteiger partial charge in [0.15, 0.2) is 0 Å². The quantitative estimate of drug-likeness (QED) is 0.763. The Morgan fingerprint density at radius 3 is 1.87 bits per heavy atom. The largest absolute Gasteiger partial charge is 0.428 e. The molecule has 0 radical (unpaired) electrons. The van der Waals surface area contributed by atoms with Gasteiger partial charge < -0.3 is 5.73 Å². The van der Waals surface area contributed by atoms with Crippen molar-refractivity contribution in [3.63, 3.8) is 0 Å². The first-order valence-electron chi connectivity index (χ1n) is 4.34. The van der Waals surface area contributed by atoms with Crippen molar-refractivity contribution >= 4 is 0 Å². The number of rotatable bonds is 2. The highest BCUT2D eigenvalue weighted by Gasteiger charge is 2.56. The van der Waals surface area contributed by atoms with E-state index in [0.717, 1.165) is 17.7 Å². The first-order valence-corrected chi connectivity index (χ1v) is 4.34. The van der Waals surface area contributed by atoms with Gasteiger partial charge in [0.1, 0.15) is 0 Å². The second-order valence-electron chi connectivity index (χ2n) is 3.37. The van der Waals surface area contributed by atoms with E-state index in [0.29, 0.717) is 0 Å². The van der Waals surface area contributed by atoms with Gasteiger partial charge in [-0.15, -0.1) is 0 Å². The van der Waals surface area contributed by atoms with Crippen LogP contribution in [0.5, 0.6) is 0 Å². The van der Waals surface area contributed by atoms with Crippen molar-refractivity contribution in [1.29, 1.82) is 0 Å². The lowest BCUT2D eigenvalue weighted by Crippen LogP contribution is -2.44. The lowest BCUT2D eigenvalue weighted by atomic mass is 9.94. The zero-order chi connectivity index (χ0) is 11.7. The normalized spacial score (nSPS) is 16.1. The van der Waals surface area contributed by atoms with Crippen LogP contribution < -0.4 is 5.73 Å². The zero-order valence-corrected chi connectivity index (χ0v) is 8.11. The first kappa shape index (κ1) is 12.0. The molecule has 0 amide bonds. The third-order valence-electron chi connectivity index (χ3n) is 2.24. The number of alkyl halides is 4. The molecule has 1 rings (SSSR count). The summed E-state index contributed by atoms with van der Waals surface area (Å²) in [6, 6.07) is 5.06. The molecular formula is C10H11F4N. The minimum Gasteiger partial charge on any atom is -0.327 e. The van der Waals surface area contributed by atoms with E-state index in [2.05, 4.69) is 0 Å². The number of nitrogens with two attached hydrogens (primary N) is 1. The maximum atomic E-state index is 13.6. The summed E-state index contributed by atoms with van der Waals surface area (Å²) in [6.45, 7) is 0.597. The molecule has 0 spiro atoms. The molecule has 2 N–H and O–H groups in total. The van der Waals surface area contributed by atoms with Crippen LogP contribution in [0.3, 0.4) is 0 Å². The second kappa shape index (κ2) is 3.81. The third-order valence-corrected chi connectivity index (χ3v) is 2.24. The number of halogens is 4. The Balaban J connectivity index is 3.18. The molecule has 0 heterocycles. The molecule has 1 atom stereocenters. The Bertz CT molecular complexity index is 330. The Kier molecular flexibility index (Phi) is 3.04. The summed E-state index contributed by atoms with van der Waals surface area (Å²) in [5.41, 5.74) is 1.72. The van der Waals surface area contributed by atoms with Crippen LogP contribution in [0.1, 0.15) is 11.1 Å². The number of hydrogen-bond acceptors (Lipinski definition) is 1. The predicted molar refractivity (Wildman–Crippen MR) is 49.1 cm³/mol. The van der Waals surface area contributed by atoms with E-state index in [1.165, 1.54) is 12.1 Å². The van der Waals surface area contributed by atoms with Gasteiger partial charge >= 0.3 is 6.18 Å². The molecule has 84 valence electrons. The molecule has 0 saturated carbocycles. The maximum Gasteiger partial charge on any atom is 0.428 e. The molecule has 0 aromatic heterocycles. The second-order valence-corrected chi connectivity index (χ2v) is 3.37. The van der Waals surface area contributed by atoms with Crippen molar-refractivity contribution in [1.82, 2.24) is 0 Å². The average molecular weight is 221 g/mol. The van der Waals surface area contributed by atoms with Gasteiger partial charge in [-0.05, 0) is 12.5 Å². The topological polar surface area (TPSA) is 26.0 Å². The van der Waals surface area contributed by atoms with Crippen molar-refractivity contribution in [3.8, 4) is 0 Å². The van der Waals surface area contributed by atoms with E-state index < -0.39 is 24.0 Å². The average Bonchev–Trinajstić information content (AvgIpc) is 2.16. The Hall–Kier alpha value is -1.10. The molecule has 0 aliphatic carbocycles. The molecule has 0 saturated heterocycles. The molecular weight excluding hydrogens is 210 g/mol.